The maximum absolute atomic E-state index is 15.7. The molecule has 4 aliphatic heterocycles. The highest BCUT2D eigenvalue weighted by atomic mass is 16.2. The van der Waals surface area contributed by atoms with Crippen LogP contribution in [0, 0.1) is 0 Å². The molecule has 0 unspecified atom stereocenters. The second-order valence-corrected chi connectivity index (χ2v) is 21.9. The first-order chi connectivity index (χ1) is 39.9. The monoisotopic (exact) mass is 1060 g/mol. The number of nitrogens with zero attached hydrogens (tertiary/aromatic N) is 4. The predicted molar refractivity (Wildman–Crippen MR) is 317 cm³/mol. The standard InChI is InChI=1S/C70H34N4O8/c1-71-63(75)43-21-13-35-39-17-25-47-59-48(26-18-40(55(39)59)36-14-22-44(64(71)76)57(43)53(35)36)68(80)73(67(47)79)51-29-11-31-7-3-5-9-33(31)61(51)62-34-10-6-4-8-32(34)12-30-52(62)74-69(81)49-27-19-41-37-15-23-45-58-46(66(78)72(2)65(45)77)24-16-38(54(37)58)42-20-28-50(70(74)82)60(49)56(41)42/h3-30H,1-2H3. The van der Waals surface area contributed by atoms with Gasteiger partial charge in [-0.1, -0.05) is 109 Å². The molecular weight excluding hydrogens is 1020 g/mol. The molecule has 12 heteroatoms. The number of carbonyl (C=O) groups excluding carboxylic acids is 8. The molecule has 382 valence electrons. The Kier molecular flexibility index (Phi) is 8.13. The van der Waals surface area contributed by atoms with E-state index in [0.29, 0.717) is 98.7 Å². The summed E-state index contributed by atoms with van der Waals surface area (Å²) in [5, 5.41) is 14.1. The number of hydrogen-bond donors (Lipinski definition) is 0. The van der Waals surface area contributed by atoms with E-state index in [9.17, 15) is 19.2 Å². The van der Waals surface area contributed by atoms with E-state index >= 15 is 19.2 Å². The first-order valence-corrected chi connectivity index (χ1v) is 26.8. The van der Waals surface area contributed by atoms with Crippen molar-refractivity contribution in [3.63, 3.8) is 0 Å². The van der Waals surface area contributed by atoms with Gasteiger partial charge in [-0.05, 0) is 147 Å². The lowest BCUT2D eigenvalue weighted by Crippen LogP contribution is -2.41. The van der Waals surface area contributed by atoms with E-state index in [-0.39, 0.29) is 35.0 Å². The van der Waals surface area contributed by atoms with Crippen LogP contribution in [0.2, 0.25) is 0 Å². The molecule has 12 nitrogen and oxygen atoms in total. The molecule has 14 aromatic carbocycles. The maximum atomic E-state index is 15.7. The SMILES string of the molecule is CN1C(=O)c2ccc3c4ccc5c6c(ccc(c7ccc(c2c37)C1=O)c64)C(=O)N(c1ccc2ccccc2c1-c1c(N2C(=O)c3ccc4c6ccc7c8c(ccc(c9ccc(c3c49)C2=O)c86)C(=O)N(C)C7=O)ccc2ccccc12)C5=O. The second kappa shape index (κ2) is 14.9. The number of fused-ring (bicyclic) bond motifs is 6. The summed E-state index contributed by atoms with van der Waals surface area (Å²) in [6.07, 6.45) is 0. The Hall–Kier alpha value is -11.2. The Bertz CT molecular complexity index is 5050. The fourth-order valence-electron chi connectivity index (χ4n) is 14.6. The molecule has 0 bridgehead atoms. The van der Waals surface area contributed by atoms with Gasteiger partial charge in [-0.15, -0.1) is 0 Å². The minimum atomic E-state index is -0.569. The Balaban J connectivity index is 0.840. The van der Waals surface area contributed by atoms with Crippen LogP contribution in [0.5, 0.6) is 0 Å². The Labute approximate surface area is 461 Å². The minimum absolute atomic E-state index is 0.249. The molecule has 0 spiro atoms. The van der Waals surface area contributed by atoms with Crippen LogP contribution in [0.15, 0.2) is 170 Å². The lowest BCUT2D eigenvalue weighted by Gasteiger charge is -2.33. The molecule has 0 aliphatic carbocycles. The zero-order chi connectivity index (χ0) is 55.2. The van der Waals surface area contributed by atoms with E-state index in [1.54, 1.807) is 60.7 Å². The van der Waals surface area contributed by atoms with E-state index in [1.165, 1.54) is 23.9 Å². The van der Waals surface area contributed by atoms with Gasteiger partial charge in [0.25, 0.3) is 47.3 Å². The van der Waals surface area contributed by atoms with Crippen LogP contribution in [-0.2, 0) is 0 Å². The number of imide groups is 4. The van der Waals surface area contributed by atoms with Crippen LogP contribution in [0.3, 0.4) is 0 Å². The van der Waals surface area contributed by atoms with Gasteiger partial charge in [-0.3, -0.25) is 48.2 Å². The molecule has 14 aromatic rings. The highest BCUT2D eigenvalue weighted by Gasteiger charge is 2.42. The number of amides is 8. The van der Waals surface area contributed by atoms with Crippen LogP contribution in [-0.4, -0.2) is 71.2 Å². The first kappa shape index (κ1) is 44.7. The molecule has 0 saturated carbocycles. The number of anilines is 2. The van der Waals surface area contributed by atoms with Gasteiger partial charge in [0.2, 0.25) is 0 Å². The van der Waals surface area contributed by atoms with Crippen LogP contribution >= 0.6 is 0 Å². The summed E-state index contributed by atoms with van der Waals surface area (Å²) in [7, 11) is 2.96. The Morgan fingerprint density at radius 2 is 0.451 bits per heavy atom. The molecule has 4 aliphatic rings. The van der Waals surface area contributed by atoms with Crippen molar-refractivity contribution < 1.29 is 38.4 Å². The van der Waals surface area contributed by atoms with Crippen LogP contribution < -0.4 is 9.80 Å². The summed E-state index contributed by atoms with van der Waals surface area (Å²) >= 11 is 0. The summed E-state index contributed by atoms with van der Waals surface area (Å²) in [5.74, 6) is -3.82. The van der Waals surface area contributed by atoms with Gasteiger partial charge >= 0.3 is 0 Å². The summed E-state index contributed by atoms with van der Waals surface area (Å²) in [4.78, 5) is 122. The normalized spacial score (nSPS) is 15.3. The van der Waals surface area contributed by atoms with Crippen molar-refractivity contribution in [2.75, 3.05) is 23.9 Å². The molecule has 0 aromatic heterocycles. The van der Waals surface area contributed by atoms with E-state index in [2.05, 4.69) is 0 Å². The fraction of sp³-hybridized carbons (Fsp3) is 0.0286. The third-order valence-corrected chi connectivity index (χ3v) is 18.2. The Morgan fingerprint density at radius 1 is 0.220 bits per heavy atom. The zero-order valence-electron chi connectivity index (χ0n) is 43.2. The van der Waals surface area contributed by atoms with E-state index in [1.807, 2.05) is 109 Å². The molecule has 4 heterocycles. The highest BCUT2D eigenvalue weighted by Crippen LogP contribution is 2.53. The molecule has 18 rings (SSSR count). The smallest absolute Gasteiger partial charge is 0.266 e. The summed E-state index contributed by atoms with van der Waals surface area (Å²) in [5.41, 5.74) is 4.30. The topological polar surface area (TPSA) is 150 Å². The Morgan fingerprint density at radius 3 is 0.707 bits per heavy atom. The van der Waals surface area contributed by atoms with Gasteiger partial charge < -0.3 is 0 Å². The molecule has 0 saturated heterocycles. The molecule has 82 heavy (non-hydrogen) atoms. The van der Waals surface area contributed by atoms with Crippen molar-refractivity contribution >= 4 is 166 Å². The van der Waals surface area contributed by atoms with Gasteiger partial charge in [0.05, 0.1) is 11.4 Å². The van der Waals surface area contributed by atoms with Crippen molar-refractivity contribution in [3.8, 4) is 11.1 Å². The summed E-state index contributed by atoms with van der Waals surface area (Å²) in [6, 6.07) is 51.5. The van der Waals surface area contributed by atoms with E-state index in [0.717, 1.165) is 74.4 Å². The molecule has 0 radical (unpaired) electrons. The largest absolute Gasteiger partial charge is 0.277 e. The third kappa shape index (κ3) is 5.10. The lowest BCUT2D eigenvalue weighted by atomic mass is 9.82. The minimum Gasteiger partial charge on any atom is -0.277 e. The van der Waals surface area contributed by atoms with Gasteiger partial charge in [0.15, 0.2) is 0 Å². The van der Waals surface area contributed by atoms with E-state index < -0.39 is 23.6 Å². The number of benzene rings is 14. The fourth-order valence-corrected chi connectivity index (χ4v) is 14.6. The number of hydrogen-bond acceptors (Lipinski definition) is 8. The molecular formula is C70H34N4O8. The van der Waals surface area contributed by atoms with Crippen molar-refractivity contribution in [2.45, 2.75) is 0 Å². The van der Waals surface area contributed by atoms with Crippen LogP contribution in [0.4, 0.5) is 11.4 Å². The van der Waals surface area contributed by atoms with Gasteiger partial charge in [0, 0.05) is 91.3 Å². The second-order valence-electron chi connectivity index (χ2n) is 21.9. The van der Waals surface area contributed by atoms with Gasteiger partial charge in [-0.2, -0.15) is 0 Å². The van der Waals surface area contributed by atoms with Crippen molar-refractivity contribution in [2.24, 2.45) is 0 Å². The van der Waals surface area contributed by atoms with Gasteiger partial charge in [0.1, 0.15) is 0 Å². The zero-order valence-corrected chi connectivity index (χ0v) is 43.2. The molecule has 0 N–H and O–H groups in total. The van der Waals surface area contributed by atoms with Gasteiger partial charge in [-0.25, -0.2) is 9.80 Å². The van der Waals surface area contributed by atoms with Crippen molar-refractivity contribution in [1.29, 1.82) is 0 Å². The van der Waals surface area contributed by atoms with Crippen molar-refractivity contribution in [1.82, 2.24) is 9.80 Å². The number of carbonyl (C=O) groups is 8. The lowest BCUT2D eigenvalue weighted by molar-refractivity contribution is 0.0635. The highest BCUT2D eigenvalue weighted by molar-refractivity contribution is 6.47. The average Bonchev–Trinajstić information content (AvgIpc) is 2.00. The molecule has 0 atom stereocenters. The first-order valence-electron chi connectivity index (χ1n) is 26.8. The third-order valence-electron chi connectivity index (χ3n) is 18.2. The summed E-state index contributed by atoms with van der Waals surface area (Å²) < 4.78 is 0. The number of rotatable bonds is 3. The molecule has 8 amide bonds. The van der Waals surface area contributed by atoms with Crippen LogP contribution in [0.25, 0.3) is 119 Å². The summed E-state index contributed by atoms with van der Waals surface area (Å²) in [6.45, 7) is 0. The average molecular weight is 1060 g/mol. The quantitative estimate of drug-likeness (QED) is 0.0964. The van der Waals surface area contributed by atoms with Crippen molar-refractivity contribution in [3.05, 3.63) is 214 Å². The van der Waals surface area contributed by atoms with Crippen LogP contribution in [0.1, 0.15) is 82.9 Å². The predicted octanol–water partition coefficient (Wildman–Crippen LogP) is 13.8. The maximum Gasteiger partial charge on any atom is 0.266 e. The molecule has 0 fully saturated rings. The van der Waals surface area contributed by atoms with E-state index in [4.69, 9.17) is 0 Å².